The fourth-order valence-electron chi connectivity index (χ4n) is 9.64. The van der Waals surface area contributed by atoms with Gasteiger partial charge in [-0.3, -0.25) is 4.57 Å². The Morgan fingerprint density at radius 2 is 1.10 bits per heavy atom. The Hall–Kier alpha value is -7.32. The summed E-state index contributed by atoms with van der Waals surface area (Å²) >= 11 is 0. The molecule has 8 heteroatoms. The summed E-state index contributed by atoms with van der Waals surface area (Å²) in [5, 5.41) is 1.69. The molecule has 0 N–H and O–H groups in total. The third-order valence-electron chi connectivity index (χ3n) is 13.3. The highest BCUT2D eigenvalue weighted by Crippen LogP contribution is 2.48. The summed E-state index contributed by atoms with van der Waals surface area (Å²) in [6, 6.07) is 53.4. The smallest absolute Gasteiger partial charge is 0.416 e. The zero-order chi connectivity index (χ0) is 48.6. The van der Waals surface area contributed by atoms with Crippen molar-refractivity contribution >= 4 is 44.6 Å². The molecule has 7 aromatic carbocycles. The van der Waals surface area contributed by atoms with Gasteiger partial charge in [-0.15, -0.1) is 0 Å². The van der Waals surface area contributed by atoms with Crippen molar-refractivity contribution in [2.24, 2.45) is 0 Å². The normalized spacial score (nSPS) is 13.4. The van der Waals surface area contributed by atoms with Gasteiger partial charge in [0, 0.05) is 46.0 Å². The van der Waals surface area contributed by atoms with Crippen LogP contribution < -0.4 is 14.5 Å². The number of ether oxygens (including phenoxy) is 1. The largest absolute Gasteiger partial charge is 0.457 e. The second-order valence-corrected chi connectivity index (χ2v) is 21.4. The Bertz CT molecular complexity index is 3370. The molecule has 0 atom stereocenters. The van der Waals surface area contributed by atoms with Gasteiger partial charge in [0.1, 0.15) is 24.0 Å². The van der Waals surface area contributed by atoms with Gasteiger partial charge in [0.05, 0.1) is 28.0 Å². The van der Waals surface area contributed by atoms with Crippen molar-refractivity contribution in [3.05, 3.63) is 192 Å². The number of hydrogen-bond acceptors (Lipinski definition) is 4. The van der Waals surface area contributed by atoms with E-state index in [4.69, 9.17) is 9.72 Å². The van der Waals surface area contributed by atoms with Gasteiger partial charge in [0.25, 0.3) is 0 Å². The Morgan fingerprint density at radius 1 is 0.478 bits per heavy atom. The molecule has 0 saturated heterocycles. The van der Waals surface area contributed by atoms with E-state index in [-0.39, 0.29) is 16.2 Å². The van der Waals surface area contributed by atoms with Gasteiger partial charge in [-0.2, -0.15) is 13.2 Å². The molecule has 1 aliphatic heterocycles. The standard InChI is InChI=1S/C61H57F3N4O/c1-58(2,3)42-30-43(59(4,5)6)32-45(31-42)67-38-66(53-27-15-16-28-54(53)67)44-23-18-24-46(33-44)69-47-34-49(40-21-17-22-41(29-40)61(62,63)64)57-48-25-13-14-26-52(48)68(55(57)35-47)56-36-51(60(7,8)9)50(37-65-56)39-19-11-10-12-20-39/h10-37H,38H2,1-9H3. The fraction of sp³-hybridized carbons (Fsp3) is 0.230. The third kappa shape index (κ3) is 8.62. The summed E-state index contributed by atoms with van der Waals surface area (Å²) in [7, 11) is 0. The molecule has 0 unspecified atom stereocenters. The monoisotopic (exact) mass is 918 g/mol. The van der Waals surface area contributed by atoms with Crippen LogP contribution in [-0.4, -0.2) is 16.2 Å². The lowest BCUT2D eigenvalue weighted by molar-refractivity contribution is -0.137. The molecule has 348 valence electrons. The Kier molecular flexibility index (Phi) is 11.0. The maximum atomic E-state index is 14.4. The number of pyridine rings is 1. The lowest BCUT2D eigenvalue weighted by Crippen LogP contribution is -2.25. The van der Waals surface area contributed by atoms with E-state index in [0.29, 0.717) is 35.1 Å². The number of hydrogen-bond donors (Lipinski definition) is 0. The van der Waals surface area contributed by atoms with Crippen LogP contribution in [0.2, 0.25) is 0 Å². The average molecular weight is 919 g/mol. The van der Waals surface area contributed by atoms with Crippen LogP contribution in [-0.2, 0) is 22.4 Å². The first-order valence-corrected chi connectivity index (χ1v) is 23.6. The average Bonchev–Trinajstić information content (AvgIpc) is 3.87. The van der Waals surface area contributed by atoms with Crippen molar-refractivity contribution < 1.29 is 17.9 Å². The number of alkyl halides is 3. The van der Waals surface area contributed by atoms with Crippen LogP contribution in [0.3, 0.4) is 0 Å². The van der Waals surface area contributed by atoms with E-state index >= 15 is 0 Å². The minimum absolute atomic E-state index is 0.0438. The molecule has 0 amide bonds. The van der Waals surface area contributed by atoms with E-state index < -0.39 is 11.7 Å². The quantitative estimate of drug-likeness (QED) is 0.159. The summed E-state index contributed by atoms with van der Waals surface area (Å²) in [5.41, 5.74) is 11.7. The van der Waals surface area contributed by atoms with Crippen molar-refractivity contribution in [2.45, 2.75) is 84.7 Å². The number of benzene rings is 7. The van der Waals surface area contributed by atoms with E-state index in [1.165, 1.54) is 23.3 Å². The lowest BCUT2D eigenvalue weighted by Gasteiger charge is -2.29. The van der Waals surface area contributed by atoms with Crippen molar-refractivity contribution in [3.8, 4) is 39.6 Å². The zero-order valence-electron chi connectivity index (χ0n) is 40.7. The van der Waals surface area contributed by atoms with Gasteiger partial charge in [-0.25, -0.2) is 4.98 Å². The Balaban J connectivity index is 1.11. The molecule has 9 aromatic rings. The van der Waals surface area contributed by atoms with Crippen molar-refractivity contribution in [2.75, 3.05) is 16.5 Å². The zero-order valence-corrected chi connectivity index (χ0v) is 40.7. The fourth-order valence-corrected chi connectivity index (χ4v) is 9.64. The summed E-state index contributed by atoms with van der Waals surface area (Å²) in [6.45, 7) is 20.7. The molecule has 69 heavy (non-hydrogen) atoms. The highest BCUT2D eigenvalue weighted by molar-refractivity contribution is 6.16. The number of para-hydroxylation sites is 3. The first-order chi connectivity index (χ1) is 32.7. The molecule has 0 bridgehead atoms. The molecule has 3 heterocycles. The predicted octanol–water partition coefficient (Wildman–Crippen LogP) is 17.5. The van der Waals surface area contributed by atoms with Gasteiger partial charge in [-0.05, 0) is 116 Å². The van der Waals surface area contributed by atoms with Crippen LogP contribution in [0.1, 0.15) is 84.6 Å². The number of halogens is 3. The molecule has 10 rings (SSSR count). The molecule has 0 radical (unpaired) electrons. The summed E-state index contributed by atoms with van der Waals surface area (Å²) in [6.07, 6.45) is -2.59. The highest BCUT2D eigenvalue weighted by atomic mass is 19.4. The van der Waals surface area contributed by atoms with Crippen LogP contribution in [0, 0.1) is 0 Å². The second kappa shape index (κ2) is 16.7. The van der Waals surface area contributed by atoms with E-state index in [2.05, 4.69) is 143 Å². The molecule has 0 saturated carbocycles. The number of nitrogens with zero attached hydrogens (tertiary/aromatic N) is 4. The molecular formula is C61H57F3N4O. The molecule has 5 nitrogen and oxygen atoms in total. The van der Waals surface area contributed by atoms with Gasteiger partial charge in [0.2, 0.25) is 0 Å². The van der Waals surface area contributed by atoms with E-state index in [0.717, 1.165) is 67.3 Å². The van der Waals surface area contributed by atoms with E-state index in [1.54, 1.807) is 6.07 Å². The molecule has 0 aliphatic carbocycles. The third-order valence-corrected chi connectivity index (χ3v) is 13.3. The number of rotatable bonds is 7. The van der Waals surface area contributed by atoms with Crippen LogP contribution in [0.4, 0.5) is 35.9 Å². The maximum absolute atomic E-state index is 14.4. The minimum atomic E-state index is -4.53. The van der Waals surface area contributed by atoms with Crippen LogP contribution in [0.5, 0.6) is 11.5 Å². The molecule has 2 aromatic heterocycles. The highest BCUT2D eigenvalue weighted by Gasteiger charge is 2.33. The van der Waals surface area contributed by atoms with Crippen LogP contribution >= 0.6 is 0 Å². The van der Waals surface area contributed by atoms with Crippen LogP contribution in [0.15, 0.2) is 170 Å². The second-order valence-electron chi connectivity index (χ2n) is 21.4. The first-order valence-electron chi connectivity index (χ1n) is 23.6. The van der Waals surface area contributed by atoms with Crippen molar-refractivity contribution in [1.29, 1.82) is 0 Å². The summed E-state index contributed by atoms with van der Waals surface area (Å²) in [5.74, 6) is 1.76. The van der Waals surface area contributed by atoms with Gasteiger partial charge < -0.3 is 14.5 Å². The first kappa shape index (κ1) is 45.5. The summed E-state index contributed by atoms with van der Waals surface area (Å²) < 4.78 is 52.2. The molecule has 0 spiro atoms. The Morgan fingerprint density at radius 3 is 1.77 bits per heavy atom. The van der Waals surface area contributed by atoms with Crippen molar-refractivity contribution in [1.82, 2.24) is 9.55 Å². The maximum Gasteiger partial charge on any atom is 0.416 e. The van der Waals surface area contributed by atoms with Crippen LogP contribution in [0.25, 0.3) is 49.9 Å². The predicted molar refractivity (Wildman–Crippen MR) is 279 cm³/mol. The molecule has 0 fully saturated rings. The van der Waals surface area contributed by atoms with Gasteiger partial charge >= 0.3 is 6.18 Å². The van der Waals surface area contributed by atoms with Gasteiger partial charge in [-0.1, -0.05) is 147 Å². The van der Waals surface area contributed by atoms with Crippen molar-refractivity contribution in [3.63, 3.8) is 0 Å². The Labute approximate surface area is 403 Å². The summed E-state index contributed by atoms with van der Waals surface area (Å²) in [4.78, 5) is 9.82. The molecular weight excluding hydrogens is 862 g/mol. The number of aromatic nitrogens is 2. The van der Waals surface area contributed by atoms with Gasteiger partial charge in [0.15, 0.2) is 0 Å². The van der Waals surface area contributed by atoms with E-state index in [1.807, 2.05) is 79.0 Å². The minimum Gasteiger partial charge on any atom is -0.457 e. The molecule has 1 aliphatic rings. The lowest BCUT2D eigenvalue weighted by atomic mass is 9.80. The number of fused-ring (bicyclic) bond motifs is 4. The number of anilines is 4. The van der Waals surface area contributed by atoms with E-state index in [9.17, 15) is 13.2 Å². The topological polar surface area (TPSA) is 33.5 Å². The SMILES string of the molecule is CC(C)(C)c1cc(N2CN(c3cccc(Oc4cc(-c5cccc(C(F)(F)F)c5)c5c6ccccc6n(-c6cc(C(C)(C)C)c(-c7ccccc7)cn6)c5c4)c3)c3ccccc32)cc(C(C)(C)C)c1.